The Morgan fingerprint density at radius 3 is 2.95 bits per heavy atom. The van der Waals surface area contributed by atoms with Crippen LogP contribution >= 0.6 is 11.6 Å². The van der Waals surface area contributed by atoms with Gasteiger partial charge in [-0.2, -0.15) is 0 Å². The van der Waals surface area contributed by atoms with Crippen LogP contribution in [-0.2, 0) is 18.0 Å². The van der Waals surface area contributed by atoms with Gasteiger partial charge in [-0.1, -0.05) is 23.7 Å². The second kappa shape index (κ2) is 6.21. The van der Waals surface area contributed by atoms with Crippen LogP contribution in [0.5, 0.6) is 11.5 Å². The van der Waals surface area contributed by atoms with Crippen LogP contribution in [0.2, 0.25) is 5.02 Å². The van der Waals surface area contributed by atoms with E-state index in [-0.39, 0.29) is 24.8 Å². The fraction of sp³-hybridized carbons (Fsp3) is 0.200. The summed E-state index contributed by atoms with van der Waals surface area (Å²) >= 11 is 6.07. The van der Waals surface area contributed by atoms with Gasteiger partial charge in [-0.3, -0.25) is 10.1 Å². The van der Waals surface area contributed by atoms with Crippen molar-refractivity contribution in [2.45, 2.75) is 13.2 Å². The largest absolute Gasteiger partial charge is 0.482 e. The SMILES string of the molecule is O=[N+]([O-])c1ccccc1OCc1cc(Cl)cc2c1OCOC2. The summed E-state index contributed by atoms with van der Waals surface area (Å²) in [6, 6.07) is 9.71. The zero-order valence-corrected chi connectivity index (χ0v) is 12.2. The zero-order valence-electron chi connectivity index (χ0n) is 11.5. The summed E-state index contributed by atoms with van der Waals surface area (Å²) in [7, 11) is 0. The van der Waals surface area contributed by atoms with Crippen LogP contribution in [0.25, 0.3) is 0 Å². The molecular formula is C15H12ClNO5. The molecule has 1 aliphatic rings. The van der Waals surface area contributed by atoms with Gasteiger partial charge >= 0.3 is 5.69 Å². The molecule has 0 aliphatic carbocycles. The second-order valence-electron chi connectivity index (χ2n) is 4.68. The molecule has 0 aromatic heterocycles. The standard InChI is InChI=1S/C15H12ClNO5/c16-12-5-10-7-20-9-22-15(10)11(6-12)8-21-14-4-2-1-3-13(14)17(18)19/h1-6H,7-9H2. The molecule has 2 aromatic rings. The quantitative estimate of drug-likeness (QED) is 0.634. The number of fused-ring (bicyclic) bond motifs is 1. The van der Waals surface area contributed by atoms with Crippen molar-refractivity contribution >= 4 is 17.3 Å². The highest BCUT2D eigenvalue weighted by Crippen LogP contribution is 2.33. The van der Waals surface area contributed by atoms with Crippen molar-refractivity contribution < 1.29 is 19.1 Å². The number of nitrogens with zero attached hydrogens (tertiary/aromatic N) is 1. The van der Waals surface area contributed by atoms with E-state index in [4.69, 9.17) is 25.8 Å². The fourth-order valence-corrected chi connectivity index (χ4v) is 2.51. The van der Waals surface area contributed by atoms with Crippen molar-refractivity contribution in [3.63, 3.8) is 0 Å². The Balaban J connectivity index is 1.86. The lowest BCUT2D eigenvalue weighted by Crippen LogP contribution is -2.14. The van der Waals surface area contributed by atoms with Crippen molar-refractivity contribution in [2.24, 2.45) is 0 Å². The molecule has 0 bridgehead atoms. The van der Waals surface area contributed by atoms with E-state index in [2.05, 4.69) is 0 Å². The summed E-state index contributed by atoms with van der Waals surface area (Å²) in [6.07, 6.45) is 0. The van der Waals surface area contributed by atoms with Gasteiger partial charge in [0.1, 0.15) is 12.4 Å². The van der Waals surface area contributed by atoms with Gasteiger partial charge in [-0.05, 0) is 18.2 Å². The molecule has 3 rings (SSSR count). The highest BCUT2D eigenvalue weighted by Gasteiger charge is 2.19. The highest BCUT2D eigenvalue weighted by atomic mass is 35.5. The number of hydrogen-bond acceptors (Lipinski definition) is 5. The molecule has 0 fully saturated rings. The Morgan fingerprint density at radius 2 is 2.14 bits per heavy atom. The molecule has 7 heteroatoms. The average Bonchev–Trinajstić information content (AvgIpc) is 2.52. The number of hydrogen-bond donors (Lipinski definition) is 0. The van der Waals surface area contributed by atoms with Gasteiger partial charge in [0.15, 0.2) is 12.5 Å². The Kier molecular flexibility index (Phi) is 4.13. The third-order valence-electron chi connectivity index (χ3n) is 3.20. The van der Waals surface area contributed by atoms with Crippen LogP contribution in [0.4, 0.5) is 5.69 Å². The first-order valence-corrected chi connectivity index (χ1v) is 6.91. The molecule has 22 heavy (non-hydrogen) atoms. The maximum absolute atomic E-state index is 11.0. The minimum absolute atomic E-state index is 0.0809. The molecular weight excluding hydrogens is 310 g/mol. The summed E-state index contributed by atoms with van der Waals surface area (Å²) in [5, 5.41) is 11.5. The lowest BCUT2D eigenvalue weighted by atomic mass is 10.1. The monoisotopic (exact) mass is 321 g/mol. The molecule has 0 atom stereocenters. The first kappa shape index (κ1) is 14.6. The van der Waals surface area contributed by atoms with E-state index >= 15 is 0 Å². The van der Waals surface area contributed by atoms with Gasteiger partial charge in [0.25, 0.3) is 0 Å². The Hall–Kier alpha value is -2.31. The van der Waals surface area contributed by atoms with Gasteiger partial charge in [-0.15, -0.1) is 0 Å². The molecule has 0 radical (unpaired) electrons. The first-order chi connectivity index (χ1) is 10.6. The van der Waals surface area contributed by atoms with E-state index < -0.39 is 4.92 Å². The molecule has 0 spiro atoms. The molecule has 0 unspecified atom stereocenters. The minimum Gasteiger partial charge on any atom is -0.482 e. The summed E-state index contributed by atoms with van der Waals surface area (Å²) < 4.78 is 16.3. The molecule has 1 aliphatic heterocycles. The third-order valence-corrected chi connectivity index (χ3v) is 3.42. The van der Waals surface area contributed by atoms with Crippen molar-refractivity contribution in [1.29, 1.82) is 0 Å². The molecule has 6 nitrogen and oxygen atoms in total. The Labute approximate surface area is 131 Å². The van der Waals surface area contributed by atoms with E-state index in [0.717, 1.165) is 11.1 Å². The number of rotatable bonds is 4. The molecule has 114 valence electrons. The van der Waals surface area contributed by atoms with Crippen LogP contribution in [-0.4, -0.2) is 11.7 Å². The zero-order chi connectivity index (χ0) is 15.5. The van der Waals surface area contributed by atoms with Crippen molar-refractivity contribution in [2.75, 3.05) is 6.79 Å². The molecule has 0 N–H and O–H groups in total. The minimum atomic E-state index is -0.479. The van der Waals surface area contributed by atoms with Gasteiger partial charge in [0, 0.05) is 22.2 Å². The smallest absolute Gasteiger partial charge is 0.310 e. The number of nitro benzene ring substituents is 1. The molecule has 0 saturated heterocycles. The molecule has 1 heterocycles. The normalized spacial score (nSPS) is 13.1. The predicted octanol–water partition coefficient (Wildman–Crippen LogP) is 3.69. The number of halogens is 1. The summed E-state index contributed by atoms with van der Waals surface area (Å²) in [6.45, 7) is 0.690. The van der Waals surface area contributed by atoms with E-state index in [0.29, 0.717) is 17.4 Å². The van der Waals surface area contributed by atoms with Crippen LogP contribution in [0.1, 0.15) is 11.1 Å². The Bertz CT molecular complexity index is 719. The van der Waals surface area contributed by atoms with Crippen molar-refractivity contribution in [3.8, 4) is 11.5 Å². The number of ether oxygens (including phenoxy) is 3. The fourth-order valence-electron chi connectivity index (χ4n) is 2.25. The maximum atomic E-state index is 11.0. The lowest BCUT2D eigenvalue weighted by molar-refractivity contribution is -0.385. The summed E-state index contributed by atoms with van der Waals surface area (Å²) in [5.74, 6) is 0.863. The van der Waals surface area contributed by atoms with Gasteiger partial charge < -0.3 is 14.2 Å². The number of para-hydroxylation sites is 2. The lowest BCUT2D eigenvalue weighted by Gasteiger charge is -2.21. The topological polar surface area (TPSA) is 70.8 Å². The van der Waals surface area contributed by atoms with Gasteiger partial charge in [0.2, 0.25) is 0 Å². The molecule has 2 aromatic carbocycles. The summed E-state index contributed by atoms with van der Waals surface area (Å²) in [4.78, 5) is 10.5. The van der Waals surface area contributed by atoms with Crippen LogP contribution in [0, 0.1) is 10.1 Å². The maximum Gasteiger partial charge on any atom is 0.310 e. The summed E-state index contributed by atoms with van der Waals surface area (Å²) in [5.41, 5.74) is 1.48. The van der Waals surface area contributed by atoms with Crippen molar-refractivity contribution in [3.05, 3.63) is 62.7 Å². The molecule has 0 amide bonds. The number of benzene rings is 2. The van der Waals surface area contributed by atoms with Crippen LogP contribution < -0.4 is 9.47 Å². The van der Waals surface area contributed by atoms with Crippen molar-refractivity contribution in [1.82, 2.24) is 0 Å². The van der Waals surface area contributed by atoms with Gasteiger partial charge in [-0.25, -0.2) is 0 Å². The van der Waals surface area contributed by atoms with Crippen LogP contribution in [0.15, 0.2) is 36.4 Å². The second-order valence-corrected chi connectivity index (χ2v) is 5.11. The third kappa shape index (κ3) is 2.98. The van der Waals surface area contributed by atoms with E-state index in [1.54, 1.807) is 30.3 Å². The highest BCUT2D eigenvalue weighted by molar-refractivity contribution is 6.30. The van der Waals surface area contributed by atoms with E-state index in [1.807, 2.05) is 0 Å². The average molecular weight is 322 g/mol. The Morgan fingerprint density at radius 1 is 1.32 bits per heavy atom. The number of nitro groups is 1. The van der Waals surface area contributed by atoms with Crippen LogP contribution in [0.3, 0.4) is 0 Å². The predicted molar refractivity (Wildman–Crippen MR) is 79.2 cm³/mol. The first-order valence-electron chi connectivity index (χ1n) is 6.53. The van der Waals surface area contributed by atoms with E-state index in [1.165, 1.54) is 6.07 Å². The van der Waals surface area contributed by atoms with E-state index in [9.17, 15) is 10.1 Å². The van der Waals surface area contributed by atoms with Gasteiger partial charge in [0.05, 0.1) is 11.5 Å². The molecule has 0 saturated carbocycles.